The summed E-state index contributed by atoms with van der Waals surface area (Å²) in [6.45, 7) is 0.244. The average molecular weight is 545 g/mol. The summed E-state index contributed by atoms with van der Waals surface area (Å²) in [5, 5.41) is 7.12. The first kappa shape index (κ1) is 24.3. The van der Waals surface area contributed by atoms with Crippen LogP contribution in [0.3, 0.4) is 0 Å². The molecule has 0 spiro atoms. The van der Waals surface area contributed by atoms with Crippen molar-refractivity contribution >= 4 is 22.1 Å². The van der Waals surface area contributed by atoms with E-state index in [-0.39, 0.29) is 54.2 Å². The molecule has 40 heavy (non-hydrogen) atoms. The van der Waals surface area contributed by atoms with Gasteiger partial charge in [0.15, 0.2) is 11.5 Å². The summed E-state index contributed by atoms with van der Waals surface area (Å²) >= 11 is 0. The second-order valence-electron chi connectivity index (χ2n) is 9.80. The van der Waals surface area contributed by atoms with Crippen LogP contribution in [0.25, 0.3) is 56.0 Å². The minimum Gasteiger partial charge on any atom is -0.336 e. The molecule has 2 N–H and O–H groups in total. The van der Waals surface area contributed by atoms with Gasteiger partial charge in [-0.3, -0.25) is 20.0 Å². The molecule has 5 aromatic heterocycles. The molecule has 0 radical (unpaired) electrons. The van der Waals surface area contributed by atoms with E-state index >= 15 is 4.39 Å². The number of imidazole rings is 1. The first-order chi connectivity index (χ1) is 19.4. The van der Waals surface area contributed by atoms with Crippen molar-refractivity contribution in [3.05, 3.63) is 78.4 Å². The Bertz CT molecular complexity index is 1900. The van der Waals surface area contributed by atoms with Gasteiger partial charge in [-0.25, -0.2) is 27.5 Å². The molecule has 200 valence electrons. The number of pyridine rings is 3. The monoisotopic (exact) mass is 544 g/mol. The van der Waals surface area contributed by atoms with Crippen LogP contribution in [0.2, 0.25) is 0 Å². The lowest BCUT2D eigenvalue weighted by molar-refractivity contribution is 0.0115. The Kier molecular flexibility index (Phi) is 5.59. The number of aromatic amines is 2. The molecule has 6 heterocycles. The lowest BCUT2D eigenvalue weighted by Gasteiger charge is -2.15. The summed E-state index contributed by atoms with van der Waals surface area (Å²) in [5.41, 5.74) is 3.36. The van der Waals surface area contributed by atoms with Crippen molar-refractivity contribution < 1.29 is 17.6 Å². The highest BCUT2D eigenvalue weighted by atomic mass is 19.3. The molecule has 0 saturated carbocycles. The zero-order valence-corrected chi connectivity index (χ0v) is 20.8. The number of rotatable bonds is 5. The molecule has 0 atom stereocenters. The van der Waals surface area contributed by atoms with Crippen LogP contribution >= 0.6 is 0 Å². The van der Waals surface area contributed by atoms with Crippen LogP contribution in [0.4, 0.5) is 17.6 Å². The molecular formula is C28H20F4N8. The van der Waals surface area contributed by atoms with Crippen molar-refractivity contribution in [2.45, 2.75) is 18.9 Å². The van der Waals surface area contributed by atoms with Crippen molar-refractivity contribution in [1.29, 1.82) is 0 Å². The number of nitrogens with one attached hydrogen (secondary N) is 2. The molecule has 0 bridgehead atoms. The predicted octanol–water partition coefficient (Wildman–Crippen LogP) is 5.74. The molecule has 1 aliphatic heterocycles. The maximum atomic E-state index is 16.1. The topological polar surface area (TPSA) is 99.3 Å². The van der Waals surface area contributed by atoms with Gasteiger partial charge in [0, 0.05) is 61.0 Å². The highest BCUT2D eigenvalue weighted by Gasteiger charge is 2.38. The van der Waals surface area contributed by atoms with Crippen LogP contribution in [0.5, 0.6) is 0 Å². The molecule has 0 amide bonds. The minimum atomic E-state index is -2.70. The Morgan fingerprint density at radius 2 is 1.85 bits per heavy atom. The summed E-state index contributed by atoms with van der Waals surface area (Å²) < 4.78 is 57.9. The van der Waals surface area contributed by atoms with Crippen LogP contribution in [-0.4, -0.2) is 59.0 Å². The molecule has 0 unspecified atom stereocenters. The van der Waals surface area contributed by atoms with E-state index in [9.17, 15) is 13.2 Å². The number of benzene rings is 1. The van der Waals surface area contributed by atoms with Gasteiger partial charge in [-0.05, 0) is 29.8 Å². The second kappa shape index (κ2) is 9.19. The first-order valence-electron chi connectivity index (χ1n) is 12.5. The lowest BCUT2D eigenvalue weighted by atomic mass is 10.0. The van der Waals surface area contributed by atoms with Gasteiger partial charge < -0.3 is 4.98 Å². The first-order valence-corrected chi connectivity index (χ1v) is 12.5. The summed E-state index contributed by atoms with van der Waals surface area (Å²) in [5.74, 6) is -3.47. The second-order valence-corrected chi connectivity index (χ2v) is 9.80. The SMILES string of the molecule is Fc1ccccc1-c1nccc2[nH]c(-c3n[nH]c4ncc(-c5cncc(CN6CCC(F)(F)C6)c5)c(F)c34)nc12. The molecule has 12 heteroatoms. The summed E-state index contributed by atoms with van der Waals surface area (Å²) in [4.78, 5) is 22.3. The molecule has 1 aromatic carbocycles. The highest BCUT2D eigenvalue weighted by Crippen LogP contribution is 2.35. The van der Waals surface area contributed by atoms with Gasteiger partial charge in [-0.15, -0.1) is 0 Å². The number of H-pyrrole nitrogens is 2. The Labute approximate surface area is 224 Å². The van der Waals surface area contributed by atoms with E-state index in [1.165, 1.54) is 24.7 Å². The molecule has 6 aromatic rings. The molecule has 0 aliphatic carbocycles. The van der Waals surface area contributed by atoms with E-state index < -0.39 is 17.6 Å². The lowest BCUT2D eigenvalue weighted by Crippen LogP contribution is -2.24. The zero-order chi connectivity index (χ0) is 27.4. The number of halogens is 4. The van der Waals surface area contributed by atoms with E-state index in [1.54, 1.807) is 41.4 Å². The van der Waals surface area contributed by atoms with Crippen molar-refractivity contribution in [2.75, 3.05) is 13.1 Å². The maximum Gasteiger partial charge on any atom is 0.261 e. The normalized spacial score (nSPS) is 15.4. The largest absolute Gasteiger partial charge is 0.336 e. The Balaban J connectivity index is 1.29. The molecule has 7 rings (SSSR count). The summed E-state index contributed by atoms with van der Waals surface area (Å²) in [6, 6.07) is 9.68. The summed E-state index contributed by atoms with van der Waals surface area (Å²) in [6.07, 6.45) is 5.82. The Morgan fingerprint density at radius 3 is 2.67 bits per heavy atom. The van der Waals surface area contributed by atoms with Gasteiger partial charge in [-0.1, -0.05) is 12.1 Å². The van der Waals surface area contributed by atoms with Gasteiger partial charge in [0.1, 0.15) is 28.5 Å². The third-order valence-electron chi connectivity index (χ3n) is 7.04. The zero-order valence-electron chi connectivity index (χ0n) is 20.8. The van der Waals surface area contributed by atoms with Gasteiger partial charge in [0.25, 0.3) is 5.92 Å². The van der Waals surface area contributed by atoms with E-state index in [0.717, 1.165) is 0 Å². The van der Waals surface area contributed by atoms with Crippen molar-refractivity contribution in [1.82, 2.24) is 40.0 Å². The van der Waals surface area contributed by atoms with Crippen LogP contribution in [0.1, 0.15) is 12.0 Å². The highest BCUT2D eigenvalue weighted by molar-refractivity contribution is 5.96. The molecule has 1 fully saturated rings. The number of hydrogen-bond donors (Lipinski definition) is 2. The number of fused-ring (bicyclic) bond motifs is 2. The van der Waals surface area contributed by atoms with E-state index in [0.29, 0.717) is 33.4 Å². The van der Waals surface area contributed by atoms with Crippen molar-refractivity contribution in [3.8, 4) is 33.9 Å². The van der Waals surface area contributed by atoms with Crippen molar-refractivity contribution in [3.63, 3.8) is 0 Å². The summed E-state index contributed by atoms with van der Waals surface area (Å²) in [7, 11) is 0. The number of nitrogens with zero attached hydrogens (tertiary/aromatic N) is 6. The van der Waals surface area contributed by atoms with Crippen LogP contribution in [0, 0.1) is 11.6 Å². The molecule has 1 aliphatic rings. The fourth-order valence-corrected chi connectivity index (χ4v) is 5.15. The fourth-order valence-electron chi connectivity index (χ4n) is 5.15. The van der Waals surface area contributed by atoms with Gasteiger partial charge in [-0.2, -0.15) is 5.10 Å². The minimum absolute atomic E-state index is 0.113. The van der Waals surface area contributed by atoms with Gasteiger partial charge in [0.2, 0.25) is 0 Å². The third-order valence-corrected chi connectivity index (χ3v) is 7.04. The number of likely N-dealkylation sites (tertiary alicyclic amines) is 1. The fraction of sp³-hybridized carbons (Fsp3) is 0.179. The number of alkyl halides is 2. The quantitative estimate of drug-likeness (QED) is 0.269. The predicted molar refractivity (Wildman–Crippen MR) is 140 cm³/mol. The standard InChI is InChI=1S/C28H20F4N8/c29-19-4-2-1-3-17(19)23-24-20(5-7-34-23)36-27(37-24)25-21-22(30)18(12-35-26(21)39-38-25)16-9-15(10-33-11-16)13-40-8-6-28(31,32)14-40/h1-5,7,9-12H,6,8,13-14H2,(H,36,37)(H,35,38,39). The van der Waals surface area contributed by atoms with E-state index in [4.69, 9.17) is 0 Å². The molecule has 1 saturated heterocycles. The van der Waals surface area contributed by atoms with Crippen LogP contribution in [-0.2, 0) is 6.54 Å². The molecular weight excluding hydrogens is 524 g/mol. The number of aromatic nitrogens is 7. The Hall–Kier alpha value is -4.71. The van der Waals surface area contributed by atoms with Gasteiger partial charge >= 0.3 is 0 Å². The third kappa shape index (κ3) is 4.16. The van der Waals surface area contributed by atoms with Gasteiger partial charge in [0.05, 0.1) is 17.4 Å². The van der Waals surface area contributed by atoms with Crippen LogP contribution in [0.15, 0.2) is 61.2 Å². The van der Waals surface area contributed by atoms with E-state index in [2.05, 4.69) is 35.1 Å². The smallest absolute Gasteiger partial charge is 0.261 e. The van der Waals surface area contributed by atoms with E-state index in [1.807, 2.05) is 0 Å². The van der Waals surface area contributed by atoms with Crippen LogP contribution < -0.4 is 0 Å². The Morgan fingerprint density at radius 1 is 0.975 bits per heavy atom. The van der Waals surface area contributed by atoms with Crippen molar-refractivity contribution in [2.24, 2.45) is 0 Å². The average Bonchev–Trinajstić information content (AvgIpc) is 3.65. The number of hydrogen-bond acceptors (Lipinski definition) is 6. The molecule has 8 nitrogen and oxygen atoms in total. The maximum absolute atomic E-state index is 16.1.